The van der Waals surface area contributed by atoms with Crippen molar-refractivity contribution in [1.29, 1.82) is 0 Å². The summed E-state index contributed by atoms with van der Waals surface area (Å²) < 4.78 is 1.63. The van der Waals surface area contributed by atoms with Crippen LogP contribution in [0.4, 0.5) is 0 Å². The first kappa shape index (κ1) is 11.1. The molecular formula is C11H18N4O. The number of likely N-dealkylation sites (N-methyl/N-ethyl adjacent to an activating group) is 1. The van der Waals surface area contributed by atoms with Gasteiger partial charge in [0.15, 0.2) is 0 Å². The summed E-state index contributed by atoms with van der Waals surface area (Å²) in [5.41, 5.74) is 0.664. The van der Waals surface area contributed by atoms with Gasteiger partial charge in [-0.05, 0) is 26.0 Å². The Morgan fingerprint density at radius 2 is 2.44 bits per heavy atom. The van der Waals surface area contributed by atoms with Crippen molar-refractivity contribution in [1.82, 2.24) is 20.0 Å². The minimum Gasteiger partial charge on any atom is -0.336 e. The average molecular weight is 222 g/mol. The summed E-state index contributed by atoms with van der Waals surface area (Å²) in [7, 11) is 3.75. The summed E-state index contributed by atoms with van der Waals surface area (Å²) in [5.74, 6) is 0.0833. The van der Waals surface area contributed by atoms with Gasteiger partial charge in [-0.25, -0.2) is 0 Å². The van der Waals surface area contributed by atoms with E-state index in [0.717, 1.165) is 25.9 Å². The topological polar surface area (TPSA) is 50.2 Å². The molecule has 0 saturated carbocycles. The first-order valence-electron chi connectivity index (χ1n) is 5.67. The van der Waals surface area contributed by atoms with Crippen LogP contribution in [0, 0.1) is 0 Å². The summed E-state index contributed by atoms with van der Waals surface area (Å²) in [6, 6.07) is 2.19. The Labute approximate surface area is 95.4 Å². The predicted octanol–water partition coefficient (Wildman–Crippen LogP) is 0.244. The number of aromatic nitrogens is 2. The molecule has 88 valence electrons. The number of likely N-dealkylation sites (tertiary alicyclic amines) is 1. The monoisotopic (exact) mass is 222 g/mol. The molecule has 0 radical (unpaired) electrons. The second kappa shape index (κ2) is 4.65. The molecule has 1 saturated heterocycles. The number of amides is 1. The van der Waals surface area contributed by atoms with Crippen LogP contribution in [-0.4, -0.2) is 46.8 Å². The predicted molar refractivity (Wildman–Crippen MR) is 61.2 cm³/mol. The van der Waals surface area contributed by atoms with Gasteiger partial charge in [-0.2, -0.15) is 5.10 Å². The van der Waals surface area contributed by atoms with Gasteiger partial charge in [-0.3, -0.25) is 9.48 Å². The molecule has 1 aliphatic heterocycles. The molecule has 0 spiro atoms. The van der Waals surface area contributed by atoms with Crippen LogP contribution < -0.4 is 5.32 Å². The molecular weight excluding hydrogens is 204 g/mol. The van der Waals surface area contributed by atoms with Gasteiger partial charge >= 0.3 is 0 Å². The van der Waals surface area contributed by atoms with Crippen LogP contribution in [0.5, 0.6) is 0 Å². The molecule has 1 amide bonds. The van der Waals surface area contributed by atoms with E-state index < -0.39 is 0 Å². The molecule has 1 atom stereocenters. The van der Waals surface area contributed by atoms with Crippen LogP contribution in [0.2, 0.25) is 0 Å². The van der Waals surface area contributed by atoms with Gasteiger partial charge in [0.2, 0.25) is 0 Å². The van der Waals surface area contributed by atoms with Gasteiger partial charge in [0, 0.05) is 32.4 Å². The number of carbonyl (C=O) groups excluding carboxylic acids is 1. The van der Waals surface area contributed by atoms with E-state index in [2.05, 4.69) is 10.4 Å². The first-order valence-corrected chi connectivity index (χ1v) is 5.67. The third kappa shape index (κ3) is 2.09. The Balaban J connectivity index is 2.07. The zero-order valence-electron chi connectivity index (χ0n) is 9.81. The normalized spacial score (nSPS) is 21.1. The standard InChI is InChI=1S/C11H18N4O/c1-12-9-4-3-7-15(8-9)11(16)10-5-6-13-14(10)2/h5-6,9,12H,3-4,7-8H2,1-2H3. The van der Waals surface area contributed by atoms with Gasteiger partial charge in [-0.15, -0.1) is 0 Å². The first-order chi connectivity index (χ1) is 7.72. The molecule has 1 N–H and O–H groups in total. The minimum absolute atomic E-state index is 0.0833. The molecule has 5 heteroatoms. The molecule has 2 rings (SSSR count). The van der Waals surface area contributed by atoms with Crippen LogP contribution in [0.25, 0.3) is 0 Å². The number of carbonyl (C=O) groups is 1. The molecule has 5 nitrogen and oxygen atoms in total. The average Bonchev–Trinajstić information content (AvgIpc) is 2.74. The lowest BCUT2D eigenvalue weighted by Crippen LogP contribution is -2.47. The lowest BCUT2D eigenvalue weighted by atomic mass is 10.1. The zero-order valence-corrected chi connectivity index (χ0v) is 9.81. The highest BCUT2D eigenvalue weighted by Crippen LogP contribution is 2.13. The molecule has 1 fully saturated rings. The zero-order chi connectivity index (χ0) is 11.5. The van der Waals surface area contributed by atoms with Crippen LogP contribution >= 0.6 is 0 Å². The van der Waals surface area contributed by atoms with Gasteiger partial charge in [-0.1, -0.05) is 0 Å². The maximum absolute atomic E-state index is 12.2. The summed E-state index contributed by atoms with van der Waals surface area (Å²) in [6.45, 7) is 1.64. The fourth-order valence-electron chi connectivity index (χ4n) is 2.14. The van der Waals surface area contributed by atoms with E-state index in [9.17, 15) is 4.79 Å². The van der Waals surface area contributed by atoms with Crippen molar-refractivity contribution in [2.45, 2.75) is 18.9 Å². The molecule has 1 aromatic heterocycles. The fourth-order valence-corrected chi connectivity index (χ4v) is 2.14. The summed E-state index contributed by atoms with van der Waals surface area (Å²) >= 11 is 0. The Kier molecular flexibility index (Phi) is 3.24. The Morgan fingerprint density at radius 3 is 3.06 bits per heavy atom. The molecule has 0 aliphatic carbocycles. The molecule has 1 unspecified atom stereocenters. The van der Waals surface area contributed by atoms with E-state index in [1.807, 2.05) is 11.9 Å². The maximum Gasteiger partial charge on any atom is 0.272 e. The molecule has 1 aromatic rings. The molecule has 2 heterocycles. The van der Waals surface area contributed by atoms with Gasteiger partial charge in [0.05, 0.1) is 0 Å². The number of nitrogens with zero attached hydrogens (tertiary/aromatic N) is 3. The fraction of sp³-hybridized carbons (Fsp3) is 0.636. The lowest BCUT2D eigenvalue weighted by Gasteiger charge is -2.32. The summed E-state index contributed by atoms with van der Waals surface area (Å²) in [6.07, 6.45) is 3.87. The second-order valence-corrected chi connectivity index (χ2v) is 4.22. The SMILES string of the molecule is CNC1CCCN(C(=O)c2ccnn2C)C1. The minimum atomic E-state index is 0.0833. The van der Waals surface area contributed by atoms with Crippen molar-refractivity contribution in [2.75, 3.05) is 20.1 Å². The highest BCUT2D eigenvalue weighted by molar-refractivity contribution is 5.92. The van der Waals surface area contributed by atoms with Crippen molar-refractivity contribution in [3.63, 3.8) is 0 Å². The molecule has 16 heavy (non-hydrogen) atoms. The largest absolute Gasteiger partial charge is 0.336 e. The number of rotatable bonds is 2. The van der Waals surface area contributed by atoms with E-state index in [-0.39, 0.29) is 5.91 Å². The van der Waals surface area contributed by atoms with E-state index in [1.165, 1.54) is 0 Å². The van der Waals surface area contributed by atoms with Crippen molar-refractivity contribution in [3.05, 3.63) is 18.0 Å². The van der Waals surface area contributed by atoms with E-state index in [0.29, 0.717) is 11.7 Å². The van der Waals surface area contributed by atoms with Crippen molar-refractivity contribution >= 4 is 5.91 Å². The second-order valence-electron chi connectivity index (χ2n) is 4.22. The highest BCUT2D eigenvalue weighted by atomic mass is 16.2. The lowest BCUT2D eigenvalue weighted by molar-refractivity contribution is 0.0687. The van der Waals surface area contributed by atoms with Crippen LogP contribution in [0.3, 0.4) is 0 Å². The quantitative estimate of drug-likeness (QED) is 0.780. The molecule has 1 aliphatic rings. The van der Waals surface area contributed by atoms with Crippen molar-refractivity contribution < 1.29 is 4.79 Å². The third-order valence-corrected chi connectivity index (χ3v) is 3.16. The number of piperidine rings is 1. The van der Waals surface area contributed by atoms with Gasteiger partial charge in [0.1, 0.15) is 5.69 Å². The number of nitrogens with one attached hydrogen (secondary N) is 1. The van der Waals surface area contributed by atoms with Crippen molar-refractivity contribution in [3.8, 4) is 0 Å². The number of aryl methyl sites for hydroxylation is 1. The van der Waals surface area contributed by atoms with Gasteiger partial charge in [0.25, 0.3) is 5.91 Å². The Bertz CT molecular complexity index is 374. The van der Waals surface area contributed by atoms with Crippen molar-refractivity contribution in [2.24, 2.45) is 7.05 Å². The Hall–Kier alpha value is -1.36. The molecule has 0 bridgehead atoms. The smallest absolute Gasteiger partial charge is 0.272 e. The van der Waals surface area contributed by atoms with E-state index in [1.54, 1.807) is 24.0 Å². The van der Waals surface area contributed by atoms with E-state index >= 15 is 0 Å². The maximum atomic E-state index is 12.2. The Morgan fingerprint density at radius 1 is 1.62 bits per heavy atom. The van der Waals surface area contributed by atoms with Crippen LogP contribution in [0.15, 0.2) is 12.3 Å². The number of hydrogen-bond acceptors (Lipinski definition) is 3. The molecule has 0 aromatic carbocycles. The van der Waals surface area contributed by atoms with E-state index in [4.69, 9.17) is 0 Å². The summed E-state index contributed by atoms with van der Waals surface area (Å²) in [4.78, 5) is 14.1. The van der Waals surface area contributed by atoms with Crippen LogP contribution in [0.1, 0.15) is 23.3 Å². The number of hydrogen-bond donors (Lipinski definition) is 1. The third-order valence-electron chi connectivity index (χ3n) is 3.16. The summed E-state index contributed by atoms with van der Waals surface area (Å²) in [5, 5.41) is 7.26. The highest BCUT2D eigenvalue weighted by Gasteiger charge is 2.24. The van der Waals surface area contributed by atoms with Gasteiger partial charge < -0.3 is 10.2 Å². The van der Waals surface area contributed by atoms with Crippen LogP contribution in [-0.2, 0) is 7.05 Å².